The lowest BCUT2D eigenvalue weighted by atomic mass is 10.1. The average Bonchev–Trinajstić information content (AvgIpc) is 3.15. The van der Waals surface area contributed by atoms with E-state index in [1.54, 1.807) is 0 Å². The lowest BCUT2D eigenvalue weighted by Gasteiger charge is -2.06. The zero-order valence-electron chi connectivity index (χ0n) is 13.3. The first-order valence-electron chi connectivity index (χ1n) is 7.81. The Balaban J connectivity index is 1.52. The molecule has 7 heteroatoms. The van der Waals surface area contributed by atoms with Crippen molar-refractivity contribution < 1.29 is 18.7 Å². The molecule has 0 fully saturated rings. The highest BCUT2D eigenvalue weighted by molar-refractivity contribution is 7.16. The number of amides is 1. The van der Waals surface area contributed by atoms with Gasteiger partial charge in [-0.15, -0.1) is 11.3 Å². The van der Waals surface area contributed by atoms with Gasteiger partial charge in [0.2, 0.25) is 0 Å². The Morgan fingerprint density at radius 3 is 2.76 bits per heavy atom. The second-order valence-corrected chi connectivity index (χ2v) is 6.79. The summed E-state index contributed by atoms with van der Waals surface area (Å²) in [7, 11) is 0. The van der Waals surface area contributed by atoms with Gasteiger partial charge < -0.3 is 10.1 Å². The van der Waals surface area contributed by atoms with Crippen LogP contribution in [-0.4, -0.2) is 18.5 Å². The minimum atomic E-state index is -0.573. The van der Waals surface area contributed by atoms with Crippen LogP contribution in [0.15, 0.2) is 24.3 Å². The molecule has 3 rings (SSSR count). The Kier molecular flexibility index (Phi) is 5.10. The van der Waals surface area contributed by atoms with Crippen LogP contribution in [-0.2, 0) is 33.6 Å². The monoisotopic (exact) mass is 358 g/mol. The van der Waals surface area contributed by atoms with Gasteiger partial charge in [-0.25, -0.2) is 4.39 Å². The Hall–Kier alpha value is -2.72. The molecule has 0 saturated carbocycles. The number of hydrogen-bond acceptors (Lipinski definition) is 5. The molecule has 0 atom stereocenters. The van der Waals surface area contributed by atoms with Gasteiger partial charge in [0.15, 0.2) is 6.61 Å². The second-order valence-electron chi connectivity index (χ2n) is 5.69. The Morgan fingerprint density at radius 2 is 2.04 bits per heavy atom. The number of carbonyl (C=O) groups is 2. The molecule has 0 spiro atoms. The number of thiophene rings is 1. The van der Waals surface area contributed by atoms with Crippen LogP contribution >= 0.6 is 11.3 Å². The number of nitrogens with one attached hydrogen (secondary N) is 1. The summed E-state index contributed by atoms with van der Waals surface area (Å²) in [5, 5.41) is 12.4. The molecule has 1 aliphatic carbocycles. The van der Waals surface area contributed by atoms with E-state index in [4.69, 9.17) is 4.74 Å². The molecule has 0 saturated heterocycles. The molecule has 0 radical (unpaired) electrons. The first kappa shape index (κ1) is 17.1. The number of ether oxygens (including phenoxy) is 1. The van der Waals surface area contributed by atoms with Gasteiger partial charge in [-0.1, -0.05) is 12.1 Å². The molecule has 1 N–H and O–H groups in total. The first-order chi connectivity index (χ1) is 12.1. The van der Waals surface area contributed by atoms with Crippen molar-refractivity contribution >= 4 is 28.2 Å². The smallest absolute Gasteiger partial charge is 0.310 e. The SMILES string of the molecule is N#Cc1c(NC(=O)COC(=O)Cc2ccc(F)cc2)sc2c1CCC2. The maximum Gasteiger partial charge on any atom is 0.310 e. The molecule has 0 unspecified atom stereocenters. The minimum absolute atomic E-state index is 0.0374. The maximum absolute atomic E-state index is 12.8. The number of nitriles is 1. The van der Waals surface area contributed by atoms with Crippen LogP contribution in [0, 0.1) is 17.1 Å². The predicted molar refractivity (Wildman–Crippen MR) is 90.8 cm³/mol. The summed E-state index contributed by atoms with van der Waals surface area (Å²) >= 11 is 1.41. The van der Waals surface area contributed by atoms with Crippen LogP contribution in [0.25, 0.3) is 0 Å². The van der Waals surface area contributed by atoms with Gasteiger partial charge in [-0.3, -0.25) is 9.59 Å². The number of carbonyl (C=O) groups excluding carboxylic acids is 2. The van der Waals surface area contributed by atoms with Crippen LogP contribution in [0.3, 0.4) is 0 Å². The zero-order valence-corrected chi connectivity index (χ0v) is 14.1. The first-order valence-corrected chi connectivity index (χ1v) is 8.63. The molecule has 1 heterocycles. The van der Waals surface area contributed by atoms with E-state index in [9.17, 15) is 19.2 Å². The fourth-order valence-electron chi connectivity index (χ4n) is 2.74. The Labute approximate surface area is 148 Å². The van der Waals surface area contributed by atoms with Gasteiger partial charge in [0, 0.05) is 4.88 Å². The van der Waals surface area contributed by atoms with E-state index in [1.165, 1.54) is 35.6 Å². The highest BCUT2D eigenvalue weighted by Gasteiger charge is 2.23. The summed E-state index contributed by atoms with van der Waals surface area (Å²) in [6, 6.07) is 7.64. The van der Waals surface area contributed by atoms with Crippen molar-refractivity contribution in [1.82, 2.24) is 0 Å². The summed E-state index contributed by atoms with van der Waals surface area (Å²) in [4.78, 5) is 24.9. The topological polar surface area (TPSA) is 79.2 Å². The number of benzene rings is 1. The van der Waals surface area contributed by atoms with Crippen molar-refractivity contribution in [3.63, 3.8) is 0 Å². The largest absolute Gasteiger partial charge is 0.455 e. The van der Waals surface area contributed by atoms with Crippen molar-refractivity contribution in [1.29, 1.82) is 5.26 Å². The third-order valence-electron chi connectivity index (χ3n) is 3.91. The normalized spacial score (nSPS) is 12.3. The number of fused-ring (bicyclic) bond motifs is 1. The summed E-state index contributed by atoms with van der Waals surface area (Å²) < 4.78 is 17.8. The fraction of sp³-hybridized carbons (Fsp3) is 0.278. The summed E-state index contributed by atoms with van der Waals surface area (Å²) in [5.41, 5.74) is 2.15. The summed E-state index contributed by atoms with van der Waals surface area (Å²) in [6.45, 7) is -0.423. The molecular weight excluding hydrogens is 343 g/mol. The van der Waals surface area contributed by atoms with Crippen molar-refractivity contribution in [2.75, 3.05) is 11.9 Å². The van der Waals surface area contributed by atoms with Crippen LogP contribution in [0.2, 0.25) is 0 Å². The highest BCUT2D eigenvalue weighted by Crippen LogP contribution is 2.38. The lowest BCUT2D eigenvalue weighted by Crippen LogP contribution is -2.21. The van der Waals surface area contributed by atoms with E-state index in [0.717, 1.165) is 29.7 Å². The molecule has 0 aliphatic heterocycles. The zero-order chi connectivity index (χ0) is 17.8. The number of esters is 1. The Bertz CT molecular complexity index is 852. The maximum atomic E-state index is 12.8. The third kappa shape index (κ3) is 4.03. The van der Waals surface area contributed by atoms with Gasteiger partial charge in [-0.05, 0) is 42.5 Å². The second kappa shape index (κ2) is 7.45. The van der Waals surface area contributed by atoms with Crippen molar-refractivity contribution in [3.8, 4) is 6.07 Å². The predicted octanol–water partition coefficient (Wildman–Crippen LogP) is 2.97. The number of anilines is 1. The van der Waals surface area contributed by atoms with Crippen LogP contribution in [0.5, 0.6) is 0 Å². The molecule has 25 heavy (non-hydrogen) atoms. The highest BCUT2D eigenvalue weighted by atomic mass is 32.1. The standard InChI is InChI=1S/C18H15FN2O3S/c19-12-6-4-11(5-7-12)8-17(23)24-10-16(22)21-18-14(9-20)13-2-1-3-15(13)25-18/h4-7H,1-3,8,10H2,(H,21,22). The summed E-state index contributed by atoms with van der Waals surface area (Å²) in [6.07, 6.45) is 2.78. The average molecular weight is 358 g/mol. The van der Waals surface area contributed by atoms with Crippen LogP contribution < -0.4 is 5.32 Å². The van der Waals surface area contributed by atoms with E-state index in [0.29, 0.717) is 16.1 Å². The van der Waals surface area contributed by atoms with Crippen molar-refractivity contribution in [3.05, 3.63) is 51.7 Å². The molecule has 5 nitrogen and oxygen atoms in total. The van der Waals surface area contributed by atoms with Crippen molar-refractivity contribution in [2.24, 2.45) is 0 Å². The molecule has 1 aromatic heterocycles. The lowest BCUT2D eigenvalue weighted by molar-refractivity contribution is -0.146. The minimum Gasteiger partial charge on any atom is -0.455 e. The van der Waals surface area contributed by atoms with Gasteiger partial charge in [0.1, 0.15) is 16.9 Å². The number of rotatable bonds is 5. The number of hydrogen-bond donors (Lipinski definition) is 1. The number of aryl methyl sites for hydroxylation is 1. The summed E-state index contributed by atoms with van der Waals surface area (Å²) in [5.74, 6) is -1.44. The van der Waals surface area contributed by atoms with E-state index < -0.39 is 18.5 Å². The van der Waals surface area contributed by atoms with Crippen molar-refractivity contribution in [2.45, 2.75) is 25.7 Å². The van der Waals surface area contributed by atoms with Gasteiger partial charge in [-0.2, -0.15) is 5.26 Å². The molecular formula is C18H15FN2O3S. The molecule has 128 valence electrons. The number of nitrogens with zero attached hydrogens (tertiary/aromatic N) is 1. The molecule has 2 aromatic rings. The van der Waals surface area contributed by atoms with E-state index >= 15 is 0 Å². The van der Waals surface area contributed by atoms with Gasteiger partial charge >= 0.3 is 5.97 Å². The van der Waals surface area contributed by atoms with Crippen LogP contribution in [0.4, 0.5) is 9.39 Å². The third-order valence-corrected chi connectivity index (χ3v) is 5.12. The van der Waals surface area contributed by atoms with E-state index in [2.05, 4.69) is 11.4 Å². The molecule has 1 aliphatic rings. The molecule has 1 amide bonds. The van der Waals surface area contributed by atoms with E-state index in [-0.39, 0.29) is 12.2 Å². The number of halogens is 1. The molecule has 1 aromatic carbocycles. The fourth-order valence-corrected chi connectivity index (χ4v) is 4.00. The van der Waals surface area contributed by atoms with Gasteiger partial charge in [0.25, 0.3) is 5.91 Å². The van der Waals surface area contributed by atoms with Gasteiger partial charge in [0.05, 0.1) is 12.0 Å². The molecule has 0 bridgehead atoms. The van der Waals surface area contributed by atoms with E-state index in [1.807, 2.05) is 0 Å². The van der Waals surface area contributed by atoms with Crippen LogP contribution in [0.1, 0.15) is 28.0 Å². The Morgan fingerprint density at radius 1 is 1.28 bits per heavy atom. The quantitative estimate of drug-likeness (QED) is 0.834.